The third-order valence-corrected chi connectivity index (χ3v) is 3.41. The number of hydrogen-bond donors (Lipinski definition) is 0. The van der Waals surface area contributed by atoms with E-state index in [4.69, 9.17) is 5.26 Å². The zero-order valence-corrected chi connectivity index (χ0v) is 11.2. The van der Waals surface area contributed by atoms with Gasteiger partial charge in [0.2, 0.25) is 0 Å². The summed E-state index contributed by atoms with van der Waals surface area (Å²) >= 11 is 0. The lowest BCUT2D eigenvalue weighted by atomic mass is 10.2. The molecule has 5 nitrogen and oxygen atoms in total. The molecule has 0 atom stereocenters. The Morgan fingerprint density at radius 3 is 2.79 bits per heavy atom. The highest BCUT2D eigenvalue weighted by Crippen LogP contribution is 2.07. The van der Waals surface area contributed by atoms with Crippen molar-refractivity contribution in [2.75, 3.05) is 33.2 Å². The SMILES string of the molecule is CN(CCN1CCCC1)C(=O)c1ccc(C#N)cn1. The van der Waals surface area contributed by atoms with E-state index in [0.717, 1.165) is 19.6 Å². The van der Waals surface area contributed by atoms with E-state index in [2.05, 4.69) is 9.88 Å². The molecule has 0 saturated carbocycles. The standard InChI is InChI=1S/C14H18N4O/c1-17(8-9-18-6-2-3-7-18)14(19)13-5-4-12(10-15)11-16-13/h4-5,11H,2-3,6-9H2,1H3. The van der Waals surface area contributed by atoms with Crippen LogP contribution in [0.5, 0.6) is 0 Å². The van der Waals surface area contributed by atoms with Crippen LogP contribution in [0.15, 0.2) is 18.3 Å². The van der Waals surface area contributed by atoms with Gasteiger partial charge in [-0.3, -0.25) is 4.79 Å². The lowest BCUT2D eigenvalue weighted by Crippen LogP contribution is -2.35. The molecule has 0 spiro atoms. The average molecular weight is 258 g/mol. The number of likely N-dealkylation sites (N-methyl/N-ethyl adjacent to an activating group) is 1. The molecule has 19 heavy (non-hydrogen) atoms. The first-order chi connectivity index (χ1) is 9.20. The number of amides is 1. The third kappa shape index (κ3) is 3.52. The van der Waals surface area contributed by atoms with Crippen LogP contribution in [0.2, 0.25) is 0 Å². The Morgan fingerprint density at radius 2 is 2.21 bits per heavy atom. The van der Waals surface area contributed by atoms with E-state index in [0.29, 0.717) is 17.8 Å². The number of pyridine rings is 1. The number of likely N-dealkylation sites (tertiary alicyclic amines) is 1. The van der Waals surface area contributed by atoms with Gasteiger partial charge < -0.3 is 9.80 Å². The van der Waals surface area contributed by atoms with Crippen molar-refractivity contribution in [3.63, 3.8) is 0 Å². The lowest BCUT2D eigenvalue weighted by molar-refractivity contribution is 0.0776. The molecule has 1 aromatic heterocycles. The molecular weight excluding hydrogens is 240 g/mol. The number of hydrogen-bond acceptors (Lipinski definition) is 4. The second-order valence-corrected chi connectivity index (χ2v) is 4.82. The summed E-state index contributed by atoms with van der Waals surface area (Å²) in [5, 5.41) is 8.69. The van der Waals surface area contributed by atoms with E-state index in [9.17, 15) is 4.79 Å². The van der Waals surface area contributed by atoms with Crippen molar-refractivity contribution >= 4 is 5.91 Å². The van der Waals surface area contributed by atoms with Crippen LogP contribution < -0.4 is 0 Å². The summed E-state index contributed by atoms with van der Waals surface area (Å²) in [5.74, 6) is -0.0938. The van der Waals surface area contributed by atoms with E-state index in [1.54, 1.807) is 24.1 Å². The van der Waals surface area contributed by atoms with Gasteiger partial charge in [-0.15, -0.1) is 0 Å². The number of nitrogens with zero attached hydrogens (tertiary/aromatic N) is 4. The first-order valence-corrected chi connectivity index (χ1v) is 6.54. The molecule has 1 saturated heterocycles. The first-order valence-electron chi connectivity index (χ1n) is 6.54. The maximum Gasteiger partial charge on any atom is 0.272 e. The van der Waals surface area contributed by atoms with E-state index in [1.165, 1.54) is 19.0 Å². The molecular formula is C14H18N4O. The Kier molecular flexibility index (Phi) is 4.48. The Bertz CT molecular complexity index is 471. The normalized spacial score (nSPS) is 15.2. The molecule has 5 heteroatoms. The highest BCUT2D eigenvalue weighted by molar-refractivity contribution is 5.92. The highest BCUT2D eigenvalue weighted by Gasteiger charge is 2.16. The maximum absolute atomic E-state index is 12.1. The van der Waals surface area contributed by atoms with Gasteiger partial charge in [0, 0.05) is 26.3 Å². The van der Waals surface area contributed by atoms with Crippen LogP contribution in [0.1, 0.15) is 28.9 Å². The minimum absolute atomic E-state index is 0.0938. The number of carbonyl (C=O) groups is 1. The van der Waals surface area contributed by atoms with Gasteiger partial charge in [0.1, 0.15) is 11.8 Å². The van der Waals surface area contributed by atoms with Crippen molar-refractivity contribution < 1.29 is 4.79 Å². The number of aromatic nitrogens is 1. The number of nitriles is 1. The van der Waals surface area contributed by atoms with Crippen molar-refractivity contribution in [1.29, 1.82) is 5.26 Å². The molecule has 0 aromatic carbocycles. The molecule has 0 aliphatic carbocycles. The van der Waals surface area contributed by atoms with Crippen LogP contribution in [0.3, 0.4) is 0 Å². The van der Waals surface area contributed by atoms with E-state index in [-0.39, 0.29) is 5.91 Å². The Hall–Kier alpha value is -1.93. The molecule has 1 aromatic rings. The monoisotopic (exact) mass is 258 g/mol. The number of carbonyl (C=O) groups excluding carboxylic acids is 1. The molecule has 0 N–H and O–H groups in total. The molecule has 1 aliphatic heterocycles. The van der Waals surface area contributed by atoms with Crippen LogP contribution in [-0.2, 0) is 0 Å². The largest absolute Gasteiger partial charge is 0.339 e. The fraction of sp³-hybridized carbons (Fsp3) is 0.500. The van der Waals surface area contributed by atoms with E-state index < -0.39 is 0 Å². The van der Waals surface area contributed by atoms with Crippen LogP contribution in [-0.4, -0.2) is 53.9 Å². The van der Waals surface area contributed by atoms with Crippen molar-refractivity contribution in [2.45, 2.75) is 12.8 Å². The van der Waals surface area contributed by atoms with Crippen LogP contribution in [0.25, 0.3) is 0 Å². The molecule has 1 aliphatic rings. The molecule has 0 radical (unpaired) electrons. The van der Waals surface area contributed by atoms with Crippen LogP contribution >= 0.6 is 0 Å². The summed E-state index contributed by atoms with van der Waals surface area (Å²) in [7, 11) is 1.79. The maximum atomic E-state index is 12.1. The van der Waals surface area contributed by atoms with Crippen LogP contribution in [0, 0.1) is 11.3 Å². The van der Waals surface area contributed by atoms with Gasteiger partial charge in [-0.2, -0.15) is 5.26 Å². The van der Waals surface area contributed by atoms with Crippen molar-refractivity contribution in [3.8, 4) is 6.07 Å². The van der Waals surface area contributed by atoms with Gasteiger partial charge >= 0.3 is 0 Å². The Labute approximate surface area is 113 Å². The minimum atomic E-state index is -0.0938. The average Bonchev–Trinajstić information content (AvgIpc) is 2.97. The van der Waals surface area contributed by atoms with E-state index >= 15 is 0 Å². The quantitative estimate of drug-likeness (QED) is 0.812. The molecule has 2 heterocycles. The first kappa shape index (κ1) is 13.5. The Morgan fingerprint density at radius 1 is 1.47 bits per heavy atom. The molecule has 1 amide bonds. The molecule has 0 unspecified atom stereocenters. The van der Waals surface area contributed by atoms with Crippen molar-refractivity contribution in [1.82, 2.24) is 14.8 Å². The smallest absolute Gasteiger partial charge is 0.272 e. The topological polar surface area (TPSA) is 60.2 Å². The minimum Gasteiger partial charge on any atom is -0.339 e. The van der Waals surface area contributed by atoms with Crippen molar-refractivity contribution in [3.05, 3.63) is 29.6 Å². The zero-order chi connectivity index (χ0) is 13.7. The summed E-state index contributed by atoms with van der Waals surface area (Å²) < 4.78 is 0. The van der Waals surface area contributed by atoms with E-state index in [1.807, 2.05) is 6.07 Å². The molecule has 2 rings (SSSR count). The van der Waals surface area contributed by atoms with Gasteiger partial charge in [0.15, 0.2) is 0 Å². The molecule has 1 fully saturated rings. The predicted molar refractivity (Wildman–Crippen MR) is 71.6 cm³/mol. The van der Waals surface area contributed by atoms with Gasteiger partial charge in [-0.05, 0) is 38.1 Å². The van der Waals surface area contributed by atoms with Gasteiger partial charge in [-0.25, -0.2) is 4.98 Å². The second-order valence-electron chi connectivity index (χ2n) is 4.82. The van der Waals surface area contributed by atoms with Gasteiger partial charge in [-0.1, -0.05) is 0 Å². The molecule has 100 valence electrons. The summed E-state index contributed by atoms with van der Waals surface area (Å²) in [4.78, 5) is 20.2. The highest BCUT2D eigenvalue weighted by atomic mass is 16.2. The lowest BCUT2D eigenvalue weighted by Gasteiger charge is -2.21. The van der Waals surface area contributed by atoms with Crippen LogP contribution in [0.4, 0.5) is 0 Å². The van der Waals surface area contributed by atoms with Gasteiger partial charge in [0.25, 0.3) is 5.91 Å². The second kappa shape index (κ2) is 6.30. The van der Waals surface area contributed by atoms with Gasteiger partial charge in [0.05, 0.1) is 5.56 Å². The predicted octanol–water partition coefficient (Wildman–Crippen LogP) is 1.12. The zero-order valence-electron chi connectivity index (χ0n) is 11.2. The summed E-state index contributed by atoms with van der Waals surface area (Å²) in [6.07, 6.45) is 3.95. The fourth-order valence-corrected chi connectivity index (χ4v) is 2.18. The fourth-order valence-electron chi connectivity index (χ4n) is 2.18. The van der Waals surface area contributed by atoms with Crippen molar-refractivity contribution in [2.24, 2.45) is 0 Å². The summed E-state index contributed by atoms with van der Waals surface area (Å²) in [5.41, 5.74) is 0.860. The third-order valence-electron chi connectivity index (χ3n) is 3.41. The molecule has 0 bridgehead atoms. The summed E-state index contributed by atoms with van der Waals surface area (Å²) in [6.45, 7) is 3.90. The summed E-state index contributed by atoms with van der Waals surface area (Å²) in [6, 6.07) is 5.21. The Balaban J connectivity index is 1.88. The number of rotatable bonds is 4.